The van der Waals surface area contributed by atoms with Crippen LogP contribution in [0.2, 0.25) is 0 Å². The highest BCUT2D eigenvalue weighted by molar-refractivity contribution is 5.77. The van der Waals surface area contributed by atoms with Crippen LogP contribution < -0.4 is 0 Å². The number of hydrogen-bond acceptors (Lipinski definition) is 1. The second-order valence-electron chi connectivity index (χ2n) is 4.03. The molecule has 2 heteroatoms. The zero-order valence-electron chi connectivity index (χ0n) is 8.23. The first-order chi connectivity index (χ1) is 6.70. The molecule has 0 saturated heterocycles. The SMILES string of the molecule is C[C@H]1CCc2ccccc2[C@H]1C(=O)O. The van der Waals surface area contributed by atoms with E-state index in [9.17, 15) is 4.79 Å². The molecule has 74 valence electrons. The van der Waals surface area contributed by atoms with Crippen LogP contribution in [0.1, 0.15) is 30.4 Å². The molecule has 0 spiro atoms. The van der Waals surface area contributed by atoms with Gasteiger partial charge in [0.05, 0.1) is 5.92 Å². The maximum Gasteiger partial charge on any atom is 0.311 e. The third kappa shape index (κ3) is 1.41. The summed E-state index contributed by atoms with van der Waals surface area (Å²) in [6.45, 7) is 2.02. The molecule has 2 rings (SSSR count). The number of benzene rings is 1. The number of aryl methyl sites for hydroxylation is 1. The van der Waals surface area contributed by atoms with Crippen LogP contribution in [0, 0.1) is 5.92 Å². The Bertz CT molecular complexity index is 357. The minimum Gasteiger partial charge on any atom is -0.481 e. The molecular formula is C12H14O2. The lowest BCUT2D eigenvalue weighted by molar-refractivity contribution is -0.140. The zero-order valence-corrected chi connectivity index (χ0v) is 8.23. The first-order valence-electron chi connectivity index (χ1n) is 5.00. The Morgan fingerprint density at radius 2 is 2.14 bits per heavy atom. The maximum absolute atomic E-state index is 11.1. The Balaban J connectivity index is 2.46. The van der Waals surface area contributed by atoms with E-state index in [1.807, 2.05) is 31.2 Å². The summed E-state index contributed by atoms with van der Waals surface area (Å²) >= 11 is 0. The van der Waals surface area contributed by atoms with Crippen LogP contribution in [0.5, 0.6) is 0 Å². The number of carboxylic acids is 1. The molecule has 0 heterocycles. The highest BCUT2D eigenvalue weighted by Gasteiger charge is 2.31. The van der Waals surface area contributed by atoms with Crippen molar-refractivity contribution < 1.29 is 9.90 Å². The summed E-state index contributed by atoms with van der Waals surface area (Å²) < 4.78 is 0. The lowest BCUT2D eigenvalue weighted by atomic mass is 9.76. The van der Waals surface area contributed by atoms with E-state index in [2.05, 4.69) is 0 Å². The third-order valence-electron chi connectivity index (χ3n) is 3.09. The van der Waals surface area contributed by atoms with Gasteiger partial charge in [0, 0.05) is 0 Å². The second-order valence-corrected chi connectivity index (χ2v) is 4.03. The van der Waals surface area contributed by atoms with E-state index >= 15 is 0 Å². The van der Waals surface area contributed by atoms with E-state index in [4.69, 9.17) is 5.11 Å². The fraction of sp³-hybridized carbons (Fsp3) is 0.417. The van der Waals surface area contributed by atoms with Crippen LogP contribution >= 0.6 is 0 Å². The molecule has 0 unspecified atom stereocenters. The second kappa shape index (κ2) is 3.45. The monoisotopic (exact) mass is 190 g/mol. The first kappa shape index (κ1) is 9.25. The number of rotatable bonds is 1. The summed E-state index contributed by atoms with van der Waals surface area (Å²) in [6.07, 6.45) is 2.00. The minimum absolute atomic E-state index is 0.252. The summed E-state index contributed by atoms with van der Waals surface area (Å²) in [5.41, 5.74) is 2.22. The predicted octanol–water partition coefficient (Wildman–Crippen LogP) is 2.44. The van der Waals surface area contributed by atoms with Crippen molar-refractivity contribution in [2.45, 2.75) is 25.7 Å². The van der Waals surface area contributed by atoms with Crippen LogP contribution in [-0.2, 0) is 11.2 Å². The van der Waals surface area contributed by atoms with Crippen molar-refractivity contribution in [3.8, 4) is 0 Å². The molecule has 1 aliphatic rings. The average molecular weight is 190 g/mol. The van der Waals surface area contributed by atoms with Gasteiger partial charge in [-0.15, -0.1) is 0 Å². The topological polar surface area (TPSA) is 37.3 Å². The predicted molar refractivity (Wildman–Crippen MR) is 54.3 cm³/mol. The summed E-state index contributed by atoms with van der Waals surface area (Å²) in [5.74, 6) is -0.744. The summed E-state index contributed by atoms with van der Waals surface area (Å²) in [7, 11) is 0. The van der Waals surface area contributed by atoms with Crippen LogP contribution in [0.25, 0.3) is 0 Å². The standard InChI is InChI=1S/C12H14O2/c1-8-6-7-9-4-2-3-5-10(9)11(8)12(13)14/h2-5,8,11H,6-7H2,1H3,(H,13,14)/t8-,11-/m0/s1. The van der Waals surface area contributed by atoms with Gasteiger partial charge in [0.2, 0.25) is 0 Å². The highest BCUT2D eigenvalue weighted by atomic mass is 16.4. The molecule has 0 saturated carbocycles. The quantitative estimate of drug-likeness (QED) is 0.738. The minimum atomic E-state index is -0.690. The molecule has 0 amide bonds. The van der Waals surface area contributed by atoms with Crippen LogP contribution in [0.4, 0.5) is 0 Å². The van der Waals surface area contributed by atoms with Crippen molar-refractivity contribution in [2.75, 3.05) is 0 Å². The van der Waals surface area contributed by atoms with Gasteiger partial charge >= 0.3 is 5.97 Å². The van der Waals surface area contributed by atoms with Crippen molar-refractivity contribution in [1.29, 1.82) is 0 Å². The van der Waals surface area contributed by atoms with Crippen molar-refractivity contribution >= 4 is 5.97 Å². The molecule has 1 N–H and O–H groups in total. The van der Waals surface area contributed by atoms with Crippen molar-refractivity contribution in [1.82, 2.24) is 0 Å². The molecule has 2 nitrogen and oxygen atoms in total. The number of carboxylic acid groups (broad SMARTS) is 1. The Labute approximate surface area is 83.6 Å². The van der Waals surface area contributed by atoms with Crippen molar-refractivity contribution in [3.63, 3.8) is 0 Å². The fourth-order valence-electron chi connectivity index (χ4n) is 2.30. The molecule has 1 aromatic carbocycles. The van der Waals surface area contributed by atoms with Crippen LogP contribution in [-0.4, -0.2) is 11.1 Å². The van der Waals surface area contributed by atoms with E-state index in [1.54, 1.807) is 0 Å². The molecule has 0 aromatic heterocycles. The zero-order chi connectivity index (χ0) is 10.1. The molecule has 2 atom stereocenters. The lowest BCUT2D eigenvalue weighted by Gasteiger charge is -2.28. The van der Waals surface area contributed by atoms with Gasteiger partial charge in [0.15, 0.2) is 0 Å². The lowest BCUT2D eigenvalue weighted by Crippen LogP contribution is -2.25. The van der Waals surface area contributed by atoms with Gasteiger partial charge in [0.1, 0.15) is 0 Å². The Morgan fingerprint density at radius 1 is 1.43 bits per heavy atom. The number of carbonyl (C=O) groups is 1. The summed E-state index contributed by atoms with van der Waals surface area (Å²) in [4.78, 5) is 11.1. The van der Waals surface area contributed by atoms with E-state index in [0.29, 0.717) is 0 Å². The van der Waals surface area contributed by atoms with Crippen molar-refractivity contribution in [3.05, 3.63) is 35.4 Å². The largest absolute Gasteiger partial charge is 0.481 e. The number of hydrogen-bond donors (Lipinski definition) is 1. The molecule has 1 aromatic rings. The van der Waals surface area contributed by atoms with Gasteiger partial charge in [-0.2, -0.15) is 0 Å². The molecular weight excluding hydrogens is 176 g/mol. The van der Waals surface area contributed by atoms with Gasteiger partial charge in [-0.25, -0.2) is 0 Å². The third-order valence-corrected chi connectivity index (χ3v) is 3.09. The molecule has 0 fully saturated rings. The van der Waals surface area contributed by atoms with E-state index < -0.39 is 5.97 Å². The maximum atomic E-state index is 11.1. The van der Waals surface area contributed by atoms with Crippen LogP contribution in [0.3, 0.4) is 0 Å². The van der Waals surface area contributed by atoms with E-state index in [1.165, 1.54) is 5.56 Å². The van der Waals surface area contributed by atoms with E-state index in [0.717, 1.165) is 18.4 Å². The summed E-state index contributed by atoms with van der Waals surface area (Å²) in [5, 5.41) is 9.16. The van der Waals surface area contributed by atoms with Gasteiger partial charge in [-0.3, -0.25) is 4.79 Å². The fourth-order valence-corrected chi connectivity index (χ4v) is 2.30. The Hall–Kier alpha value is -1.31. The van der Waals surface area contributed by atoms with Gasteiger partial charge in [-0.1, -0.05) is 31.2 Å². The van der Waals surface area contributed by atoms with Gasteiger partial charge < -0.3 is 5.11 Å². The van der Waals surface area contributed by atoms with Crippen LogP contribution in [0.15, 0.2) is 24.3 Å². The molecule has 0 radical (unpaired) electrons. The first-order valence-corrected chi connectivity index (χ1v) is 5.00. The van der Waals surface area contributed by atoms with E-state index in [-0.39, 0.29) is 11.8 Å². The summed E-state index contributed by atoms with van der Waals surface area (Å²) in [6, 6.07) is 7.89. The Morgan fingerprint density at radius 3 is 2.86 bits per heavy atom. The smallest absolute Gasteiger partial charge is 0.311 e. The number of fused-ring (bicyclic) bond motifs is 1. The number of aliphatic carboxylic acids is 1. The molecule has 0 aliphatic heterocycles. The average Bonchev–Trinajstić information content (AvgIpc) is 2.17. The van der Waals surface area contributed by atoms with Gasteiger partial charge in [0.25, 0.3) is 0 Å². The normalized spacial score (nSPS) is 25.5. The van der Waals surface area contributed by atoms with Crippen molar-refractivity contribution in [2.24, 2.45) is 5.92 Å². The molecule has 0 bridgehead atoms. The highest BCUT2D eigenvalue weighted by Crippen LogP contribution is 2.35. The molecule has 1 aliphatic carbocycles. The van der Waals surface area contributed by atoms with Gasteiger partial charge in [-0.05, 0) is 29.9 Å². The Kier molecular flexibility index (Phi) is 2.28. The molecule has 14 heavy (non-hydrogen) atoms.